The number of aryl methyl sites for hydroxylation is 1. The highest BCUT2D eigenvalue weighted by molar-refractivity contribution is 5.85. The normalized spacial score (nSPS) is 24.9. The van der Waals surface area contributed by atoms with Gasteiger partial charge in [-0.3, -0.25) is 9.58 Å². The van der Waals surface area contributed by atoms with Crippen LogP contribution >= 0.6 is 24.8 Å². The van der Waals surface area contributed by atoms with Gasteiger partial charge in [0.05, 0.1) is 18.5 Å². The second-order valence-corrected chi connectivity index (χ2v) is 6.74. The summed E-state index contributed by atoms with van der Waals surface area (Å²) in [5.74, 6) is -3.15. The molecule has 2 aromatic rings. The highest BCUT2D eigenvalue weighted by Crippen LogP contribution is 2.34. The molecule has 2 aliphatic rings. The zero-order chi connectivity index (χ0) is 17.7. The van der Waals surface area contributed by atoms with Crippen molar-refractivity contribution in [2.75, 3.05) is 6.61 Å². The number of hydrogen-bond acceptors (Lipinski definition) is 4. The quantitative estimate of drug-likeness (QED) is 0.753. The molecule has 27 heavy (non-hydrogen) atoms. The maximum Gasteiger partial charge on any atom is 0.161 e. The molecular formula is C17H21Cl2F3N4O. The number of nitrogens with two attached hydrogens (primary N) is 1. The molecule has 2 aliphatic heterocycles. The van der Waals surface area contributed by atoms with Crippen LogP contribution < -0.4 is 5.73 Å². The van der Waals surface area contributed by atoms with Gasteiger partial charge in [-0.15, -0.1) is 24.8 Å². The third kappa shape index (κ3) is 3.95. The van der Waals surface area contributed by atoms with Gasteiger partial charge in [-0.25, -0.2) is 13.2 Å². The molecule has 1 fully saturated rings. The van der Waals surface area contributed by atoms with Crippen molar-refractivity contribution in [3.8, 4) is 0 Å². The highest BCUT2D eigenvalue weighted by atomic mass is 35.5. The molecule has 0 unspecified atom stereocenters. The van der Waals surface area contributed by atoms with E-state index in [9.17, 15) is 13.2 Å². The van der Waals surface area contributed by atoms with Crippen molar-refractivity contribution in [3.63, 3.8) is 0 Å². The molecule has 0 radical (unpaired) electrons. The fraction of sp³-hybridized carbons (Fsp3) is 0.471. The van der Waals surface area contributed by atoms with Crippen molar-refractivity contribution in [2.45, 2.75) is 37.7 Å². The fourth-order valence-corrected chi connectivity index (χ4v) is 3.74. The summed E-state index contributed by atoms with van der Waals surface area (Å²) >= 11 is 0. The summed E-state index contributed by atoms with van der Waals surface area (Å²) in [6.07, 6.45) is 1.67. The lowest BCUT2D eigenvalue weighted by atomic mass is 9.93. The van der Waals surface area contributed by atoms with E-state index in [0.29, 0.717) is 19.1 Å². The number of rotatable bonds is 2. The van der Waals surface area contributed by atoms with Crippen molar-refractivity contribution < 1.29 is 17.9 Å². The Hall–Kier alpha value is -1.32. The van der Waals surface area contributed by atoms with Gasteiger partial charge in [0.15, 0.2) is 11.6 Å². The van der Waals surface area contributed by atoms with Crippen LogP contribution in [0.2, 0.25) is 0 Å². The number of benzene rings is 1. The van der Waals surface area contributed by atoms with E-state index in [1.165, 1.54) is 11.3 Å². The standard InChI is InChI=1S/C17H19F3N4O.2ClH/c1-23-16-7-24(6-9(16)5-22-23)10-2-15(21)17(25-8-10)11-3-13(19)14(20)4-12(11)18;;/h3-5,10,15,17H,2,6-8,21H2,1H3;2*1H/t10-,15+,17-;;/m1../s1. The molecule has 150 valence electrons. The van der Waals surface area contributed by atoms with E-state index >= 15 is 0 Å². The van der Waals surface area contributed by atoms with E-state index < -0.39 is 29.6 Å². The topological polar surface area (TPSA) is 56.3 Å². The molecule has 3 atom stereocenters. The summed E-state index contributed by atoms with van der Waals surface area (Å²) in [4.78, 5) is 2.25. The van der Waals surface area contributed by atoms with Gasteiger partial charge in [-0.1, -0.05) is 0 Å². The molecular weight excluding hydrogens is 404 g/mol. The molecule has 2 N–H and O–H groups in total. The molecule has 1 aromatic carbocycles. The van der Waals surface area contributed by atoms with E-state index in [1.807, 2.05) is 17.9 Å². The van der Waals surface area contributed by atoms with Gasteiger partial charge in [-0.2, -0.15) is 5.10 Å². The summed E-state index contributed by atoms with van der Waals surface area (Å²) in [7, 11) is 1.91. The number of hydrogen-bond donors (Lipinski definition) is 1. The predicted octanol–water partition coefficient (Wildman–Crippen LogP) is 2.85. The van der Waals surface area contributed by atoms with E-state index in [-0.39, 0.29) is 36.4 Å². The molecule has 0 spiro atoms. The summed E-state index contributed by atoms with van der Waals surface area (Å²) < 4.78 is 48.2. The van der Waals surface area contributed by atoms with Crippen molar-refractivity contribution in [2.24, 2.45) is 12.8 Å². The van der Waals surface area contributed by atoms with Crippen LogP contribution in [0.15, 0.2) is 18.3 Å². The zero-order valence-corrected chi connectivity index (χ0v) is 16.2. The third-order valence-electron chi connectivity index (χ3n) is 5.14. The van der Waals surface area contributed by atoms with E-state index in [2.05, 4.69) is 10.00 Å². The third-order valence-corrected chi connectivity index (χ3v) is 5.14. The molecule has 0 aliphatic carbocycles. The van der Waals surface area contributed by atoms with Gasteiger partial charge in [0.1, 0.15) is 11.9 Å². The van der Waals surface area contributed by atoms with Crippen molar-refractivity contribution in [1.82, 2.24) is 14.7 Å². The summed E-state index contributed by atoms with van der Waals surface area (Å²) in [5, 5.41) is 4.24. The Morgan fingerprint density at radius 1 is 1.11 bits per heavy atom. The highest BCUT2D eigenvalue weighted by Gasteiger charge is 2.37. The molecule has 4 rings (SSSR count). The Morgan fingerprint density at radius 2 is 1.81 bits per heavy atom. The molecule has 10 heteroatoms. The summed E-state index contributed by atoms with van der Waals surface area (Å²) in [6.45, 7) is 1.89. The van der Waals surface area contributed by atoms with Gasteiger partial charge in [0, 0.05) is 49.4 Å². The van der Waals surface area contributed by atoms with Gasteiger partial charge >= 0.3 is 0 Å². The van der Waals surface area contributed by atoms with Crippen LogP contribution in [0.1, 0.15) is 29.3 Å². The van der Waals surface area contributed by atoms with E-state index in [4.69, 9.17) is 10.5 Å². The Balaban J connectivity index is 0.00000131. The Kier molecular flexibility index (Phi) is 6.81. The molecule has 5 nitrogen and oxygen atoms in total. The number of aromatic nitrogens is 2. The van der Waals surface area contributed by atoms with Crippen LogP contribution in [0.25, 0.3) is 0 Å². The Morgan fingerprint density at radius 3 is 2.48 bits per heavy atom. The molecule has 3 heterocycles. The average Bonchev–Trinajstić information content (AvgIpc) is 3.14. The van der Waals surface area contributed by atoms with Crippen LogP contribution in [0.5, 0.6) is 0 Å². The Bertz CT molecular complexity index is 820. The van der Waals surface area contributed by atoms with Crippen LogP contribution in [-0.4, -0.2) is 33.4 Å². The van der Waals surface area contributed by atoms with E-state index in [1.54, 1.807) is 0 Å². The maximum atomic E-state index is 14.0. The lowest BCUT2D eigenvalue weighted by Gasteiger charge is -2.38. The zero-order valence-electron chi connectivity index (χ0n) is 14.6. The first-order chi connectivity index (χ1) is 11.9. The van der Waals surface area contributed by atoms with Gasteiger partial charge in [0.25, 0.3) is 0 Å². The van der Waals surface area contributed by atoms with E-state index in [0.717, 1.165) is 19.2 Å². The van der Waals surface area contributed by atoms with Gasteiger partial charge < -0.3 is 10.5 Å². The summed E-state index contributed by atoms with van der Waals surface area (Å²) in [6, 6.07) is 0.969. The van der Waals surface area contributed by atoms with Crippen molar-refractivity contribution in [1.29, 1.82) is 0 Å². The second-order valence-electron chi connectivity index (χ2n) is 6.74. The van der Waals surface area contributed by atoms with Crippen molar-refractivity contribution >= 4 is 24.8 Å². The second kappa shape index (κ2) is 8.36. The van der Waals surface area contributed by atoms with Crippen LogP contribution in [0, 0.1) is 17.5 Å². The fourth-order valence-electron chi connectivity index (χ4n) is 3.74. The number of halogens is 5. The van der Waals surface area contributed by atoms with Crippen LogP contribution in [0.4, 0.5) is 13.2 Å². The molecule has 1 aromatic heterocycles. The minimum Gasteiger partial charge on any atom is -0.370 e. The minimum absolute atomic E-state index is 0. The first-order valence-electron chi connectivity index (χ1n) is 8.19. The van der Waals surface area contributed by atoms with Gasteiger partial charge in [-0.05, 0) is 12.5 Å². The van der Waals surface area contributed by atoms with Crippen LogP contribution in [-0.2, 0) is 24.9 Å². The Labute approximate surface area is 167 Å². The smallest absolute Gasteiger partial charge is 0.161 e. The summed E-state index contributed by atoms with van der Waals surface area (Å²) in [5.41, 5.74) is 8.51. The van der Waals surface area contributed by atoms with Gasteiger partial charge in [0.2, 0.25) is 0 Å². The number of fused-ring (bicyclic) bond motifs is 1. The maximum absolute atomic E-state index is 14.0. The monoisotopic (exact) mass is 424 g/mol. The molecule has 0 amide bonds. The molecule has 1 saturated heterocycles. The largest absolute Gasteiger partial charge is 0.370 e. The number of nitrogens with zero attached hydrogens (tertiary/aromatic N) is 3. The lowest BCUT2D eigenvalue weighted by Crippen LogP contribution is -2.47. The predicted molar refractivity (Wildman–Crippen MR) is 98.3 cm³/mol. The lowest BCUT2D eigenvalue weighted by molar-refractivity contribution is -0.0534. The molecule has 0 saturated carbocycles. The SMILES string of the molecule is Cl.Cl.Cn1ncc2c1CN([C@H]1CO[C@H](c3cc(F)c(F)cc3F)[C@@H](N)C1)C2. The van der Waals surface area contributed by atoms with Crippen molar-refractivity contribution in [3.05, 3.63) is 52.6 Å². The minimum atomic E-state index is -1.22. The van der Waals surface area contributed by atoms with Crippen LogP contribution in [0.3, 0.4) is 0 Å². The first-order valence-corrected chi connectivity index (χ1v) is 8.19. The molecule has 0 bridgehead atoms. The first kappa shape index (κ1) is 22.0. The number of ether oxygens (including phenoxy) is 1. The average molecular weight is 425 g/mol.